The van der Waals surface area contributed by atoms with Crippen molar-refractivity contribution in [3.05, 3.63) is 77.1 Å². The monoisotopic (exact) mass is 302 g/mol. The zero-order valence-corrected chi connectivity index (χ0v) is 12.3. The molecule has 0 atom stereocenters. The lowest BCUT2D eigenvalue weighted by atomic mass is 9.98. The Hall–Kier alpha value is -2.00. The summed E-state index contributed by atoms with van der Waals surface area (Å²) in [5.41, 5.74) is 1.88. The smallest absolute Gasteiger partial charge is 0.321 e. The van der Waals surface area contributed by atoms with Crippen molar-refractivity contribution >= 4 is 19.0 Å². The van der Waals surface area contributed by atoms with E-state index in [2.05, 4.69) is 0 Å². The van der Waals surface area contributed by atoms with E-state index in [-0.39, 0.29) is 5.57 Å². The predicted octanol–water partition coefficient (Wildman–Crippen LogP) is 3.40. The summed E-state index contributed by atoms with van der Waals surface area (Å²) in [6.07, 6.45) is 0. The molecule has 0 aliphatic rings. The Kier molecular flexibility index (Phi) is 4.53. The maximum Gasteiger partial charge on any atom is 0.349 e. The quantitative estimate of drug-likeness (QED) is 0.515. The second-order valence-corrected chi connectivity index (χ2v) is 6.13. The fraction of sp³-hybridized carbons (Fsp3) is 0.0625. The Morgan fingerprint density at radius 3 is 2.05 bits per heavy atom. The van der Waals surface area contributed by atoms with Crippen LogP contribution in [0.4, 0.5) is 0 Å². The number of hydrogen-bond donors (Lipinski definition) is 2. The van der Waals surface area contributed by atoms with E-state index in [0.29, 0.717) is 11.1 Å². The van der Waals surface area contributed by atoms with Crippen LogP contribution in [0.2, 0.25) is 0 Å². The number of carbonyl (C=O) groups is 1. The molecule has 4 nitrogen and oxygen atoms in total. The number of ketones is 1. The molecule has 5 heteroatoms. The average molecular weight is 302 g/mol. The van der Waals surface area contributed by atoms with Gasteiger partial charge in [-0.15, -0.1) is 0 Å². The minimum atomic E-state index is -4.45. The minimum absolute atomic E-state index is 0.00721. The normalized spacial score (nSPS) is 12.2. The maximum absolute atomic E-state index is 12.5. The van der Waals surface area contributed by atoms with Crippen LogP contribution in [-0.2, 0) is 4.57 Å². The molecule has 0 aromatic heterocycles. The standard InChI is InChI=1S/C16H15O4P/c1-12-7-9-14(10-8-12)16(17)15(11-21(18,19)20)13-5-3-2-4-6-13/h2-11H,1H3,(H2,18,19,20). The molecule has 0 aliphatic carbocycles. The van der Waals surface area contributed by atoms with Crippen LogP contribution >= 0.6 is 7.60 Å². The fourth-order valence-electron chi connectivity index (χ4n) is 1.91. The average Bonchev–Trinajstić information content (AvgIpc) is 2.45. The molecule has 0 spiro atoms. The Labute approximate surface area is 122 Å². The van der Waals surface area contributed by atoms with E-state index in [1.54, 1.807) is 54.6 Å². The van der Waals surface area contributed by atoms with Crippen LogP contribution in [0.1, 0.15) is 21.5 Å². The number of hydrogen-bond acceptors (Lipinski definition) is 2. The van der Waals surface area contributed by atoms with E-state index < -0.39 is 13.4 Å². The number of Topliss-reactive ketones (excluding diaryl/α,β-unsaturated/α-hetero) is 1. The van der Waals surface area contributed by atoms with Crippen LogP contribution in [-0.4, -0.2) is 15.6 Å². The predicted molar refractivity (Wildman–Crippen MR) is 82.0 cm³/mol. The van der Waals surface area contributed by atoms with Crippen molar-refractivity contribution in [2.75, 3.05) is 0 Å². The number of allylic oxidation sites excluding steroid dienone is 1. The summed E-state index contributed by atoms with van der Waals surface area (Å²) < 4.78 is 11.3. The van der Waals surface area contributed by atoms with Gasteiger partial charge in [-0.25, -0.2) is 0 Å². The van der Waals surface area contributed by atoms with Crippen LogP contribution in [0.3, 0.4) is 0 Å². The summed E-state index contributed by atoms with van der Waals surface area (Å²) in [7, 11) is -4.45. The second kappa shape index (κ2) is 6.19. The lowest BCUT2D eigenvalue weighted by molar-refractivity contribution is 0.105. The molecule has 0 saturated heterocycles. The Morgan fingerprint density at radius 2 is 1.52 bits per heavy atom. The molecule has 2 N–H and O–H groups in total. The summed E-state index contributed by atoms with van der Waals surface area (Å²) >= 11 is 0. The highest BCUT2D eigenvalue weighted by Gasteiger charge is 2.19. The van der Waals surface area contributed by atoms with Gasteiger partial charge in [-0.1, -0.05) is 60.2 Å². The number of aryl methyl sites for hydroxylation is 1. The third-order valence-corrected chi connectivity index (χ3v) is 3.53. The van der Waals surface area contributed by atoms with Gasteiger partial charge in [0.25, 0.3) is 0 Å². The van der Waals surface area contributed by atoms with Gasteiger partial charge in [0.05, 0.1) is 0 Å². The Morgan fingerprint density at radius 1 is 0.952 bits per heavy atom. The molecule has 0 amide bonds. The molecule has 0 fully saturated rings. The van der Waals surface area contributed by atoms with Crippen molar-refractivity contribution in [2.45, 2.75) is 6.92 Å². The van der Waals surface area contributed by atoms with Crippen LogP contribution in [0.25, 0.3) is 5.57 Å². The molecule has 2 rings (SSSR count). The lowest BCUT2D eigenvalue weighted by Gasteiger charge is -2.08. The Bertz CT molecular complexity index is 712. The van der Waals surface area contributed by atoms with Gasteiger partial charge in [-0.3, -0.25) is 9.36 Å². The molecule has 2 aromatic rings. The zero-order chi connectivity index (χ0) is 15.5. The molecule has 0 bridgehead atoms. The molecule has 0 aliphatic heterocycles. The van der Waals surface area contributed by atoms with Gasteiger partial charge in [-0.05, 0) is 12.5 Å². The molecule has 108 valence electrons. The van der Waals surface area contributed by atoms with Crippen molar-refractivity contribution in [1.82, 2.24) is 0 Å². The molecule has 2 aromatic carbocycles. The SMILES string of the molecule is Cc1ccc(C(=O)C(=CP(=O)(O)O)c2ccccc2)cc1. The van der Waals surface area contributed by atoms with Crippen LogP contribution in [0.5, 0.6) is 0 Å². The van der Waals surface area contributed by atoms with Crippen molar-refractivity contribution in [1.29, 1.82) is 0 Å². The molecular formula is C16H15O4P. The van der Waals surface area contributed by atoms with Gasteiger partial charge in [-0.2, -0.15) is 0 Å². The summed E-state index contributed by atoms with van der Waals surface area (Å²) in [4.78, 5) is 30.9. The van der Waals surface area contributed by atoms with Crippen LogP contribution < -0.4 is 0 Å². The number of rotatable bonds is 4. The number of benzene rings is 2. The first-order valence-electron chi connectivity index (χ1n) is 6.32. The highest BCUT2D eigenvalue weighted by molar-refractivity contribution is 7.55. The van der Waals surface area contributed by atoms with Gasteiger partial charge < -0.3 is 9.79 Å². The van der Waals surface area contributed by atoms with E-state index >= 15 is 0 Å². The lowest BCUT2D eigenvalue weighted by Crippen LogP contribution is -2.03. The molecule has 0 saturated carbocycles. The fourth-order valence-corrected chi connectivity index (χ4v) is 2.51. The van der Waals surface area contributed by atoms with Gasteiger partial charge in [0.15, 0.2) is 5.78 Å². The zero-order valence-electron chi connectivity index (χ0n) is 11.4. The second-order valence-electron chi connectivity index (χ2n) is 4.69. The summed E-state index contributed by atoms with van der Waals surface area (Å²) in [6, 6.07) is 15.4. The summed E-state index contributed by atoms with van der Waals surface area (Å²) in [6.45, 7) is 1.90. The number of carbonyl (C=O) groups excluding carboxylic acids is 1. The first-order chi connectivity index (χ1) is 9.87. The van der Waals surface area contributed by atoms with Gasteiger partial charge in [0.1, 0.15) is 0 Å². The topological polar surface area (TPSA) is 74.6 Å². The third-order valence-electron chi connectivity index (χ3n) is 2.94. The van der Waals surface area contributed by atoms with E-state index in [1.165, 1.54) is 0 Å². The van der Waals surface area contributed by atoms with Crippen molar-refractivity contribution in [2.24, 2.45) is 0 Å². The van der Waals surface area contributed by atoms with Gasteiger partial charge in [0, 0.05) is 17.0 Å². The van der Waals surface area contributed by atoms with E-state index in [1.807, 2.05) is 6.92 Å². The van der Waals surface area contributed by atoms with Crippen molar-refractivity contribution in [3.63, 3.8) is 0 Å². The van der Waals surface area contributed by atoms with E-state index in [9.17, 15) is 19.1 Å². The highest BCUT2D eigenvalue weighted by Crippen LogP contribution is 2.40. The molecule has 0 heterocycles. The Balaban J connectivity index is 2.51. The maximum atomic E-state index is 12.5. The first-order valence-corrected chi connectivity index (χ1v) is 8.00. The van der Waals surface area contributed by atoms with Crippen molar-refractivity contribution in [3.8, 4) is 0 Å². The van der Waals surface area contributed by atoms with Crippen molar-refractivity contribution < 1.29 is 19.1 Å². The van der Waals surface area contributed by atoms with Gasteiger partial charge in [0.2, 0.25) is 0 Å². The highest BCUT2D eigenvalue weighted by atomic mass is 31.2. The molecular weight excluding hydrogens is 287 g/mol. The summed E-state index contributed by atoms with van der Waals surface area (Å²) in [5.74, 6) is 0.314. The largest absolute Gasteiger partial charge is 0.349 e. The van der Waals surface area contributed by atoms with Crippen LogP contribution in [0.15, 0.2) is 60.4 Å². The minimum Gasteiger partial charge on any atom is -0.321 e. The molecule has 21 heavy (non-hydrogen) atoms. The first kappa shape index (κ1) is 15.4. The van der Waals surface area contributed by atoms with E-state index in [4.69, 9.17) is 0 Å². The van der Waals surface area contributed by atoms with Gasteiger partial charge >= 0.3 is 7.60 Å². The summed E-state index contributed by atoms with van der Waals surface area (Å²) in [5, 5.41) is 0. The molecule has 0 unspecified atom stereocenters. The third kappa shape index (κ3) is 4.23. The van der Waals surface area contributed by atoms with Crippen LogP contribution in [0, 0.1) is 6.92 Å². The van der Waals surface area contributed by atoms with E-state index in [0.717, 1.165) is 11.4 Å². The molecule has 0 radical (unpaired) electrons.